The average Bonchev–Trinajstić information content (AvgIpc) is 2.80. The van der Waals surface area contributed by atoms with E-state index in [1.807, 2.05) is 0 Å². The number of benzene rings is 1. The third-order valence-corrected chi connectivity index (χ3v) is 4.11. The molecular weight excluding hydrogens is 297 g/mol. The number of ketones is 1. The van der Waals surface area contributed by atoms with Crippen LogP contribution in [0.4, 0.5) is 4.39 Å². The molecule has 5 heteroatoms. The quantitative estimate of drug-likeness (QED) is 0.780. The van der Waals surface area contributed by atoms with E-state index in [2.05, 4.69) is 6.92 Å². The Balaban J connectivity index is 2.41. The number of hydrogen-bond donors (Lipinski definition) is 1. The van der Waals surface area contributed by atoms with Gasteiger partial charge >= 0.3 is 0 Å². The Morgan fingerprint density at radius 1 is 1.22 bits per heavy atom. The van der Waals surface area contributed by atoms with Crippen molar-refractivity contribution >= 4 is 11.7 Å². The highest BCUT2D eigenvalue weighted by Gasteiger charge is 2.42. The van der Waals surface area contributed by atoms with Gasteiger partial charge in [-0.2, -0.15) is 0 Å². The number of nitrogens with zero attached hydrogens (tertiary/aromatic N) is 1. The summed E-state index contributed by atoms with van der Waals surface area (Å²) in [7, 11) is 0. The second-order valence-corrected chi connectivity index (χ2v) is 5.70. The number of unbranched alkanes of at least 4 members (excludes halogenated alkanes) is 2. The molecule has 0 radical (unpaired) electrons. The second-order valence-electron chi connectivity index (χ2n) is 5.70. The summed E-state index contributed by atoms with van der Waals surface area (Å²) in [6.07, 6.45) is 2.95. The van der Waals surface area contributed by atoms with Gasteiger partial charge in [0, 0.05) is 13.0 Å². The van der Waals surface area contributed by atoms with Gasteiger partial charge in [0.15, 0.2) is 11.5 Å². The Hall–Kier alpha value is -2.17. The Morgan fingerprint density at radius 2 is 1.87 bits per heavy atom. The highest BCUT2D eigenvalue weighted by Crippen LogP contribution is 2.38. The molecule has 0 saturated carbocycles. The lowest BCUT2D eigenvalue weighted by Crippen LogP contribution is -2.32. The van der Waals surface area contributed by atoms with Gasteiger partial charge in [0.1, 0.15) is 5.82 Å². The van der Waals surface area contributed by atoms with Crippen molar-refractivity contribution < 1.29 is 19.1 Å². The largest absolute Gasteiger partial charge is 0.503 e. The summed E-state index contributed by atoms with van der Waals surface area (Å²) in [5.41, 5.74) is 0.762. The summed E-state index contributed by atoms with van der Waals surface area (Å²) in [6, 6.07) is 5.08. The third-order valence-electron chi connectivity index (χ3n) is 4.11. The Kier molecular flexibility index (Phi) is 5.53. The predicted molar refractivity (Wildman–Crippen MR) is 85.3 cm³/mol. The van der Waals surface area contributed by atoms with Crippen LogP contribution >= 0.6 is 0 Å². The van der Waals surface area contributed by atoms with Gasteiger partial charge in [0.05, 0.1) is 11.6 Å². The summed E-state index contributed by atoms with van der Waals surface area (Å²) >= 11 is 0. The van der Waals surface area contributed by atoms with E-state index in [4.69, 9.17) is 0 Å². The number of amides is 1. The first kappa shape index (κ1) is 17.2. The molecule has 0 spiro atoms. The molecule has 1 unspecified atom stereocenters. The number of rotatable bonds is 7. The van der Waals surface area contributed by atoms with E-state index in [0.717, 1.165) is 19.3 Å². The van der Waals surface area contributed by atoms with Crippen LogP contribution in [0.5, 0.6) is 0 Å². The van der Waals surface area contributed by atoms with Crippen molar-refractivity contribution in [2.24, 2.45) is 0 Å². The Labute approximate surface area is 135 Å². The highest BCUT2D eigenvalue weighted by atomic mass is 19.1. The first-order valence-electron chi connectivity index (χ1n) is 8.04. The second kappa shape index (κ2) is 7.40. The van der Waals surface area contributed by atoms with Gasteiger partial charge in [-0.15, -0.1) is 0 Å². The van der Waals surface area contributed by atoms with Crippen LogP contribution in [0.1, 0.15) is 51.1 Å². The molecule has 0 saturated heterocycles. The van der Waals surface area contributed by atoms with Crippen LogP contribution in [0, 0.1) is 5.82 Å². The van der Waals surface area contributed by atoms with Crippen molar-refractivity contribution in [3.8, 4) is 0 Å². The average molecular weight is 319 g/mol. The lowest BCUT2D eigenvalue weighted by Gasteiger charge is -2.26. The third kappa shape index (κ3) is 3.44. The molecule has 1 aromatic carbocycles. The van der Waals surface area contributed by atoms with E-state index in [-0.39, 0.29) is 23.6 Å². The van der Waals surface area contributed by atoms with Crippen molar-refractivity contribution in [3.63, 3.8) is 0 Å². The van der Waals surface area contributed by atoms with E-state index >= 15 is 0 Å². The van der Waals surface area contributed by atoms with E-state index in [1.54, 1.807) is 19.1 Å². The summed E-state index contributed by atoms with van der Waals surface area (Å²) in [5, 5.41) is 10.2. The number of carbonyl (C=O) groups is 2. The molecule has 1 aromatic rings. The minimum absolute atomic E-state index is 0.126. The maximum absolute atomic E-state index is 13.2. The molecule has 23 heavy (non-hydrogen) atoms. The fourth-order valence-corrected chi connectivity index (χ4v) is 2.88. The standard InChI is InChI=1S/C18H22FNO3/c1-3-5-6-11-20-16(12-7-9-13(19)10-8-12)15(14(21)4-2)17(22)18(20)23/h7-10,16,22H,3-6,11H2,1-2H3. The monoisotopic (exact) mass is 319 g/mol. The molecule has 0 aromatic heterocycles. The van der Waals surface area contributed by atoms with Gasteiger partial charge in [-0.1, -0.05) is 38.8 Å². The fourth-order valence-electron chi connectivity index (χ4n) is 2.88. The fraction of sp³-hybridized carbons (Fsp3) is 0.444. The maximum Gasteiger partial charge on any atom is 0.290 e. The van der Waals surface area contributed by atoms with Gasteiger partial charge in [0.2, 0.25) is 0 Å². The van der Waals surface area contributed by atoms with E-state index in [1.165, 1.54) is 17.0 Å². The van der Waals surface area contributed by atoms with Crippen molar-refractivity contribution in [3.05, 3.63) is 47.0 Å². The summed E-state index contributed by atoms with van der Waals surface area (Å²) in [4.78, 5) is 26.1. The predicted octanol–water partition coefficient (Wildman–Crippen LogP) is 3.69. The molecule has 4 nitrogen and oxygen atoms in total. The van der Waals surface area contributed by atoms with Crippen LogP contribution in [0.25, 0.3) is 0 Å². The zero-order valence-corrected chi connectivity index (χ0v) is 13.5. The molecule has 0 aliphatic carbocycles. The number of carbonyl (C=O) groups excluding carboxylic acids is 2. The summed E-state index contributed by atoms with van der Waals surface area (Å²) in [5.74, 6) is -1.63. The van der Waals surface area contributed by atoms with Crippen molar-refractivity contribution in [1.29, 1.82) is 0 Å². The highest BCUT2D eigenvalue weighted by molar-refractivity contribution is 6.08. The van der Waals surface area contributed by atoms with Gasteiger partial charge in [0.25, 0.3) is 5.91 Å². The topological polar surface area (TPSA) is 57.6 Å². The lowest BCUT2D eigenvalue weighted by atomic mass is 9.95. The molecule has 2 rings (SSSR count). The number of Topliss-reactive ketones (excluding diaryl/α,β-unsaturated/α-hetero) is 1. The summed E-state index contributed by atoms with van der Waals surface area (Å²) in [6.45, 7) is 4.21. The Morgan fingerprint density at radius 3 is 2.43 bits per heavy atom. The van der Waals surface area contributed by atoms with Crippen molar-refractivity contribution in [1.82, 2.24) is 4.90 Å². The van der Waals surface area contributed by atoms with Crippen LogP contribution in [0.3, 0.4) is 0 Å². The van der Waals surface area contributed by atoms with Gasteiger partial charge in [-0.3, -0.25) is 9.59 Å². The van der Waals surface area contributed by atoms with Crippen molar-refractivity contribution in [2.45, 2.75) is 45.6 Å². The smallest absolute Gasteiger partial charge is 0.290 e. The molecule has 0 bridgehead atoms. The molecule has 1 amide bonds. The number of aliphatic hydroxyl groups excluding tert-OH is 1. The van der Waals surface area contributed by atoms with E-state index in [9.17, 15) is 19.1 Å². The molecule has 1 heterocycles. The lowest BCUT2D eigenvalue weighted by molar-refractivity contribution is -0.129. The Bertz CT molecular complexity index is 622. The number of halogens is 1. The van der Waals surface area contributed by atoms with Crippen molar-refractivity contribution in [2.75, 3.05) is 6.54 Å². The molecule has 1 atom stereocenters. The van der Waals surface area contributed by atoms with E-state index in [0.29, 0.717) is 12.1 Å². The maximum atomic E-state index is 13.2. The van der Waals surface area contributed by atoms with Gasteiger partial charge < -0.3 is 10.0 Å². The van der Waals surface area contributed by atoms with Gasteiger partial charge in [-0.05, 0) is 24.1 Å². The molecule has 1 N–H and O–H groups in total. The first-order chi connectivity index (χ1) is 11.0. The van der Waals surface area contributed by atoms with E-state index < -0.39 is 17.7 Å². The molecule has 0 fully saturated rings. The first-order valence-corrected chi connectivity index (χ1v) is 8.04. The molecule has 1 aliphatic rings. The van der Waals surface area contributed by atoms with Crippen LogP contribution < -0.4 is 0 Å². The van der Waals surface area contributed by atoms with Gasteiger partial charge in [-0.25, -0.2) is 4.39 Å². The summed E-state index contributed by atoms with van der Waals surface area (Å²) < 4.78 is 13.2. The minimum Gasteiger partial charge on any atom is -0.503 e. The number of aliphatic hydroxyl groups is 1. The van der Waals surface area contributed by atoms with Crippen LogP contribution in [0.15, 0.2) is 35.6 Å². The minimum atomic E-state index is -0.632. The van der Waals surface area contributed by atoms with Crippen LogP contribution in [0.2, 0.25) is 0 Å². The molecule has 1 aliphatic heterocycles. The van der Waals surface area contributed by atoms with Crippen LogP contribution in [-0.2, 0) is 9.59 Å². The number of hydrogen-bond acceptors (Lipinski definition) is 3. The zero-order chi connectivity index (χ0) is 17.0. The SMILES string of the molecule is CCCCCN1C(=O)C(O)=C(C(=O)CC)C1c1ccc(F)cc1. The molecule has 124 valence electrons. The van der Waals surface area contributed by atoms with Crippen LogP contribution in [-0.4, -0.2) is 28.2 Å². The zero-order valence-electron chi connectivity index (χ0n) is 13.5. The normalized spacial score (nSPS) is 18.0. The molecular formula is C18H22FNO3.